The van der Waals surface area contributed by atoms with E-state index in [4.69, 9.17) is 0 Å². The molecule has 4 nitrogen and oxygen atoms in total. The Morgan fingerprint density at radius 1 is 1.41 bits per heavy atom. The highest BCUT2D eigenvalue weighted by molar-refractivity contribution is 9.10. The molecule has 1 aromatic carbocycles. The second kappa shape index (κ2) is 7.11. The summed E-state index contributed by atoms with van der Waals surface area (Å²) in [6.07, 6.45) is 2.42. The minimum absolute atomic E-state index is 0.208. The topological polar surface area (TPSA) is 35.6 Å². The molecule has 2 unspecified atom stereocenters. The zero-order valence-corrected chi connectivity index (χ0v) is 14.7. The van der Waals surface area contributed by atoms with Crippen LogP contribution >= 0.6 is 15.9 Å². The number of likely N-dealkylation sites (N-methyl/N-ethyl adjacent to an activating group) is 1. The summed E-state index contributed by atoms with van der Waals surface area (Å²) in [5.74, 6) is 0.940. The molecule has 2 heterocycles. The van der Waals surface area contributed by atoms with Crippen molar-refractivity contribution in [2.24, 2.45) is 5.92 Å². The summed E-state index contributed by atoms with van der Waals surface area (Å²) in [6.45, 7) is 4.43. The minimum Gasteiger partial charge on any atom is -0.340 e. The molecule has 3 rings (SSSR count). The zero-order chi connectivity index (χ0) is 15.5. The Hall–Kier alpha value is -0.910. The summed E-state index contributed by atoms with van der Waals surface area (Å²) in [5.41, 5.74) is 1.15. The van der Waals surface area contributed by atoms with Crippen LogP contribution in [0.3, 0.4) is 0 Å². The Morgan fingerprint density at radius 3 is 3.05 bits per heavy atom. The van der Waals surface area contributed by atoms with Gasteiger partial charge in [0.15, 0.2) is 0 Å². The van der Waals surface area contributed by atoms with Crippen LogP contribution in [0.1, 0.15) is 18.4 Å². The summed E-state index contributed by atoms with van der Waals surface area (Å²) in [7, 11) is 1.89. The molecule has 22 heavy (non-hydrogen) atoms. The molecule has 2 aliphatic heterocycles. The normalized spacial score (nSPS) is 25.0. The van der Waals surface area contributed by atoms with Crippen molar-refractivity contribution in [2.75, 3.05) is 33.2 Å². The summed E-state index contributed by atoms with van der Waals surface area (Å²) in [4.78, 5) is 16.6. The first-order chi connectivity index (χ1) is 10.6. The Kier molecular flexibility index (Phi) is 5.16. The van der Waals surface area contributed by atoms with E-state index in [0.29, 0.717) is 19.1 Å². The van der Waals surface area contributed by atoms with Gasteiger partial charge < -0.3 is 10.2 Å². The number of likely N-dealkylation sites (tertiary alicyclic amines) is 1. The average Bonchev–Trinajstić information content (AvgIpc) is 2.97. The van der Waals surface area contributed by atoms with Crippen molar-refractivity contribution in [1.82, 2.24) is 15.1 Å². The highest BCUT2D eigenvalue weighted by Crippen LogP contribution is 2.24. The molecule has 0 aromatic heterocycles. The second-order valence-corrected chi connectivity index (χ2v) is 7.33. The predicted octanol–water partition coefficient (Wildman–Crippen LogP) is 2.09. The van der Waals surface area contributed by atoms with E-state index in [1.807, 2.05) is 30.1 Å². The average molecular weight is 366 g/mol. The van der Waals surface area contributed by atoms with Crippen LogP contribution in [0.2, 0.25) is 0 Å². The van der Waals surface area contributed by atoms with E-state index in [-0.39, 0.29) is 5.91 Å². The van der Waals surface area contributed by atoms with E-state index in [0.717, 1.165) is 35.6 Å². The Labute approximate surface area is 141 Å². The molecular formula is C17H24BrN3O. The van der Waals surface area contributed by atoms with E-state index in [9.17, 15) is 4.79 Å². The van der Waals surface area contributed by atoms with Crippen LogP contribution in [0.5, 0.6) is 0 Å². The number of amides is 1. The third kappa shape index (κ3) is 3.70. The van der Waals surface area contributed by atoms with Crippen molar-refractivity contribution in [2.45, 2.75) is 25.4 Å². The van der Waals surface area contributed by atoms with Crippen LogP contribution in [-0.4, -0.2) is 55.0 Å². The van der Waals surface area contributed by atoms with E-state index in [2.05, 4.69) is 32.2 Å². The quantitative estimate of drug-likeness (QED) is 0.887. The van der Waals surface area contributed by atoms with Crippen LogP contribution in [0, 0.1) is 5.92 Å². The van der Waals surface area contributed by atoms with Crippen molar-refractivity contribution >= 4 is 21.8 Å². The number of hydrogen-bond acceptors (Lipinski definition) is 3. The molecule has 2 aliphatic rings. The molecule has 0 aliphatic carbocycles. The third-order valence-electron chi connectivity index (χ3n) is 4.89. The number of carbonyl (C=O) groups excluding carboxylic acids is 1. The van der Waals surface area contributed by atoms with Crippen molar-refractivity contribution in [3.05, 3.63) is 34.3 Å². The molecule has 0 radical (unpaired) electrons. The molecular weight excluding hydrogens is 342 g/mol. The lowest BCUT2D eigenvalue weighted by Crippen LogP contribution is -2.48. The number of benzene rings is 1. The number of piperidine rings is 1. The second-order valence-electron chi connectivity index (χ2n) is 6.47. The number of nitrogens with zero attached hydrogens (tertiary/aromatic N) is 2. The fourth-order valence-corrected chi connectivity index (χ4v) is 3.96. The van der Waals surface area contributed by atoms with Gasteiger partial charge in [0.25, 0.3) is 0 Å². The van der Waals surface area contributed by atoms with Crippen LogP contribution in [0.4, 0.5) is 0 Å². The molecule has 1 aromatic rings. The lowest BCUT2D eigenvalue weighted by molar-refractivity contribution is -0.132. The van der Waals surface area contributed by atoms with Gasteiger partial charge in [0.05, 0.1) is 6.54 Å². The van der Waals surface area contributed by atoms with Gasteiger partial charge in [0.1, 0.15) is 0 Å². The largest absolute Gasteiger partial charge is 0.340 e. The van der Waals surface area contributed by atoms with Gasteiger partial charge in [-0.3, -0.25) is 9.69 Å². The molecule has 0 spiro atoms. The number of nitrogens with one attached hydrogen (secondary N) is 1. The van der Waals surface area contributed by atoms with Gasteiger partial charge in [0, 0.05) is 37.2 Å². The van der Waals surface area contributed by atoms with Crippen LogP contribution in [0.15, 0.2) is 28.7 Å². The van der Waals surface area contributed by atoms with Gasteiger partial charge in [-0.25, -0.2) is 0 Å². The van der Waals surface area contributed by atoms with E-state index >= 15 is 0 Å². The van der Waals surface area contributed by atoms with E-state index in [1.165, 1.54) is 12.8 Å². The minimum atomic E-state index is 0.208. The van der Waals surface area contributed by atoms with Gasteiger partial charge in [0.2, 0.25) is 5.91 Å². The van der Waals surface area contributed by atoms with Crippen molar-refractivity contribution in [1.29, 1.82) is 0 Å². The molecule has 120 valence electrons. The zero-order valence-electron chi connectivity index (χ0n) is 13.1. The maximum Gasteiger partial charge on any atom is 0.236 e. The summed E-state index contributed by atoms with van der Waals surface area (Å²) < 4.78 is 1.06. The maximum absolute atomic E-state index is 12.5. The van der Waals surface area contributed by atoms with Gasteiger partial charge in [-0.05, 0) is 36.9 Å². The number of fused-ring (bicyclic) bond motifs is 1. The van der Waals surface area contributed by atoms with Gasteiger partial charge in [-0.15, -0.1) is 0 Å². The molecule has 2 atom stereocenters. The van der Waals surface area contributed by atoms with E-state index in [1.54, 1.807) is 0 Å². The fourth-order valence-electron chi connectivity index (χ4n) is 3.55. The first-order valence-electron chi connectivity index (χ1n) is 8.06. The highest BCUT2D eigenvalue weighted by atomic mass is 79.9. The number of carbonyl (C=O) groups is 1. The number of hydrogen-bond donors (Lipinski definition) is 1. The molecule has 0 bridgehead atoms. The Balaban J connectivity index is 1.52. The highest BCUT2D eigenvalue weighted by Gasteiger charge is 2.33. The van der Waals surface area contributed by atoms with Gasteiger partial charge in [-0.2, -0.15) is 0 Å². The van der Waals surface area contributed by atoms with Gasteiger partial charge >= 0.3 is 0 Å². The number of halogens is 1. The molecule has 1 amide bonds. The smallest absolute Gasteiger partial charge is 0.236 e. The lowest BCUT2D eigenvalue weighted by Gasteiger charge is -2.35. The summed E-state index contributed by atoms with van der Waals surface area (Å²) >= 11 is 3.55. The standard InChI is InChI=1S/C17H24BrN3O/c1-20(10-13-4-2-3-5-15(13)18)17(22)12-21-9-7-16-14(11-21)6-8-19-16/h2-5,14,16,19H,6-12H2,1H3. The van der Waals surface area contributed by atoms with E-state index < -0.39 is 0 Å². The molecule has 0 saturated carbocycles. The summed E-state index contributed by atoms with van der Waals surface area (Å²) in [6, 6.07) is 8.77. The molecule has 2 fully saturated rings. The van der Waals surface area contributed by atoms with Crippen molar-refractivity contribution in [3.63, 3.8) is 0 Å². The molecule has 2 saturated heterocycles. The fraction of sp³-hybridized carbons (Fsp3) is 0.588. The SMILES string of the molecule is CN(Cc1ccccc1Br)C(=O)CN1CCC2NCCC2C1. The van der Waals surface area contributed by atoms with Crippen molar-refractivity contribution < 1.29 is 4.79 Å². The monoisotopic (exact) mass is 365 g/mol. The predicted molar refractivity (Wildman–Crippen MR) is 91.6 cm³/mol. The summed E-state index contributed by atoms with van der Waals surface area (Å²) in [5, 5.41) is 3.57. The van der Waals surface area contributed by atoms with Gasteiger partial charge in [-0.1, -0.05) is 34.1 Å². The Bertz CT molecular complexity index is 536. The first-order valence-corrected chi connectivity index (χ1v) is 8.86. The Morgan fingerprint density at radius 2 is 2.23 bits per heavy atom. The van der Waals surface area contributed by atoms with Crippen LogP contribution in [-0.2, 0) is 11.3 Å². The third-order valence-corrected chi connectivity index (χ3v) is 5.66. The molecule has 1 N–H and O–H groups in total. The lowest BCUT2D eigenvalue weighted by atomic mass is 9.93. The molecule has 5 heteroatoms. The number of rotatable bonds is 4. The maximum atomic E-state index is 12.5. The van der Waals surface area contributed by atoms with Crippen LogP contribution in [0.25, 0.3) is 0 Å². The first kappa shape index (κ1) is 16.0. The van der Waals surface area contributed by atoms with Crippen molar-refractivity contribution in [3.8, 4) is 0 Å². The van der Waals surface area contributed by atoms with Crippen LogP contribution < -0.4 is 5.32 Å².